The highest BCUT2D eigenvalue weighted by atomic mass is 19.2. The van der Waals surface area contributed by atoms with Gasteiger partial charge in [0.1, 0.15) is 12.4 Å². The number of halogens is 2. The number of benzene rings is 2. The maximum Gasteiger partial charge on any atom is 0.162 e. The van der Waals surface area contributed by atoms with Crippen molar-refractivity contribution in [3.63, 3.8) is 0 Å². The van der Waals surface area contributed by atoms with Gasteiger partial charge in [-0.1, -0.05) is 36.4 Å². The van der Waals surface area contributed by atoms with E-state index in [9.17, 15) is 8.78 Å². The lowest BCUT2D eigenvalue weighted by molar-refractivity contribution is 0.358. The molecule has 0 heterocycles. The fourth-order valence-electron chi connectivity index (χ4n) is 1.46. The molecule has 0 aliphatic heterocycles. The van der Waals surface area contributed by atoms with Crippen LogP contribution in [0.2, 0.25) is 0 Å². The summed E-state index contributed by atoms with van der Waals surface area (Å²) in [6.45, 7) is 0.306. The first-order valence-electron chi connectivity index (χ1n) is 5.55. The Morgan fingerprint density at radius 1 is 0.944 bits per heavy atom. The summed E-state index contributed by atoms with van der Waals surface area (Å²) in [5.41, 5.74) is 1.06. The van der Waals surface area contributed by atoms with Gasteiger partial charge < -0.3 is 4.74 Å². The summed E-state index contributed by atoms with van der Waals surface area (Å²) in [6.07, 6.45) is 3.72. The Hall–Kier alpha value is -2.16. The monoisotopic (exact) mass is 246 g/mol. The van der Waals surface area contributed by atoms with E-state index < -0.39 is 11.6 Å². The van der Waals surface area contributed by atoms with Crippen LogP contribution in [0.25, 0.3) is 6.08 Å². The van der Waals surface area contributed by atoms with E-state index in [-0.39, 0.29) is 0 Å². The Morgan fingerprint density at radius 3 is 2.44 bits per heavy atom. The predicted molar refractivity (Wildman–Crippen MR) is 67.3 cm³/mol. The maximum atomic E-state index is 12.9. The van der Waals surface area contributed by atoms with Crippen molar-refractivity contribution in [2.75, 3.05) is 6.61 Å². The van der Waals surface area contributed by atoms with E-state index in [2.05, 4.69) is 0 Å². The van der Waals surface area contributed by atoms with E-state index in [4.69, 9.17) is 4.74 Å². The van der Waals surface area contributed by atoms with Crippen molar-refractivity contribution < 1.29 is 13.5 Å². The molecule has 92 valence electrons. The van der Waals surface area contributed by atoms with Crippen molar-refractivity contribution in [3.8, 4) is 5.75 Å². The summed E-state index contributed by atoms with van der Waals surface area (Å²) >= 11 is 0. The number of hydrogen-bond donors (Lipinski definition) is 0. The van der Waals surface area contributed by atoms with Gasteiger partial charge in [0, 0.05) is 6.07 Å². The van der Waals surface area contributed by atoms with Crippen molar-refractivity contribution >= 4 is 6.08 Å². The molecule has 18 heavy (non-hydrogen) atoms. The first kappa shape index (κ1) is 12.3. The molecular formula is C15H12F2O. The van der Waals surface area contributed by atoms with Gasteiger partial charge in [0.25, 0.3) is 0 Å². The molecule has 0 aliphatic rings. The zero-order valence-electron chi connectivity index (χ0n) is 9.64. The molecule has 0 saturated heterocycles. The summed E-state index contributed by atoms with van der Waals surface area (Å²) < 4.78 is 30.8. The van der Waals surface area contributed by atoms with Crippen LogP contribution in [0.1, 0.15) is 5.56 Å². The maximum absolute atomic E-state index is 12.9. The van der Waals surface area contributed by atoms with E-state index in [0.717, 1.165) is 17.7 Å². The highest BCUT2D eigenvalue weighted by Gasteiger charge is 2.01. The van der Waals surface area contributed by atoms with Gasteiger partial charge >= 0.3 is 0 Å². The molecule has 2 aromatic carbocycles. The highest BCUT2D eigenvalue weighted by Crippen LogP contribution is 2.15. The molecule has 0 N–H and O–H groups in total. The normalized spacial score (nSPS) is 10.8. The second-order valence-corrected chi connectivity index (χ2v) is 3.70. The van der Waals surface area contributed by atoms with Crippen LogP contribution in [-0.2, 0) is 0 Å². The standard InChI is InChI=1S/C15H12F2O/c16-14-9-8-13(11-15(14)17)18-10-4-7-12-5-2-1-3-6-12/h1-9,11H,10H2. The van der Waals surface area contributed by atoms with Gasteiger partial charge in [-0.25, -0.2) is 8.78 Å². The molecule has 0 aliphatic carbocycles. The Labute approximate surface area is 104 Å². The van der Waals surface area contributed by atoms with Crippen LogP contribution in [0.15, 0.2) is 54.6 Å². The topological polar surface area (TPSA) is 9.23 Å². The Kier molecular flexibility index (Phi) is 4.07. The zero-order valence-corrected chi connectivity index (χ0v) is 9.64. The molecule has 3 heteroatoms. The molecule has 1 nitrogen and oxygen atoms in total. The minimum Gasteiger partial charge on any atom is -0.489 e. The summed E-state index contributed by atoms with van der Waals surface area (Å²) in [4.78, 5) is 0. The van der Waals surface area contributed by atoms with Crippen LogP contribution in [-0.4, -0.2) is 6.61 Å². The van der Waals surface area contributed by atoms with E-state index in [1.165, 1.54) is 6.07 Å². The molecule has 2 aromatic rings. The highest BCUT2D eigenvalue weighted by molar-refractivity contribution is 5.48. The molecule has 0 fully saturated rings. The minimum atomic E-state index is -0.903. The SMILES string of the molecule is Fc1ccc(OCC=Cc2ccccc2)cc1F. The quantitative estimate of drug-likeness (QED) is 0.790. The molecule has 0 aromatic heterocycles. The van der Waals surface area contributed by atoms with Crippen LogP contribution in [0.3, 0.4) is 0 Å². The largest absolute Gasteiger partial charge is 0.489 e. The molecule has 0 bridgehead atoms. The first-order valence-corrected chi connectivity index (χ1v) is 5.55. The van der Waals surface area contributed by atoms with Gasteiger partial charge in [0.05, 0.1) is 0 Å². The van der Waals surface area contributed by atoms with Gasteiger partial charge in [-0.05, 0) is 23.8 Å². The third-order valence-electron chi connectivity index (χ3n) is 2.35. The van der Waals surface area contributed by atoms with Gasteiger partial charge in [-0.15, -0.1) is 0 Å². The lowest BCUT2D eigenvalue weighted by Crippen LogP contribution is -1.94. The van der Waals surface area contributed by atoms with E-state index >= 15 is 0 Å². The van der Waals surface area contributed by atoms with Crippen LogP contribution in [0, 0.1) is 11.6 Å². The molecule has 0 saturated carbocycles. The lowest BCUT2D eigenvalue weighted by atomic mass is 10.2. The minimum absolute atomic E-state index is 0.306. The molecular weight excluding hydrogens is 234 g/mol. The Balaban J connectivity index is 1.89. The Bertz CT molecular complexity index is 535. The van der Waals surface area contributed by atoms with Crippen molar-refractivity contribution in [2.24, 2.45) is 0 Å². The molecule has 2 rings (SSSR count). The van der Waals surface area contributed by atoms with Gasteiger partial charge in [0.15, 0.2) is 11.6 Å². The molecule has 0 spiro atoms. The van der Waals surface area contributed by atoms with Gasteiger partial charge in [0.2, 0.25) is 0 Å². The van der Waals surface area contributed by atoms with Crippen LogP contribution in [0.4, 0.5) is 8.78 Å². The number of hydrogen-bond acceptors (Lipinski definition) is 1. The predicted octanol–water partition coefficient (Wildman–Crippen LogP) is 4.06. The van der Waals surface area contributed by atoms with Crippen LogP contribution < -0.4 is 4.74 Å². The summed E-state index contributed by atoms with van der Waals surface area (Å²) in [5.74, 6) is -1.46. The lowest BCUT2D eigenvalue weighted by Gasteiger charge is -2.03. The van der Waals surface area contributed by atoms with E-state index in [1.807, 2.05) is 42.5 Å². The third-order valence-corrected chi connectivity index (χ3v) is 2.35. The summed E-state index contributed by atoms with van der Waals surface area (Å²) in [5, 5.41) is 0. The molecule has 0 amide bonds. The third kappa shape index (κ3) is 3.42. The van der Waals surface area contributed by atoms with Crippen molar-refractivity contribution in [1.29, 1.82) is 0 Å². The molecule has 0 radical (unpaired) electrons. The van der Waals surface area contributed by atoms with Crippen molar-refractivity contribution in [3.05, 3.63) is 71.8 Å². The Morgan fingerprint density at radius 2 is 1.72 bits per heavy atom. The first-order chi connectivity index (χ1) is 8.75. The van der Waals surface area contributed by atoms with Crippen molar-refractivity contribution in [2.45, 2.75) is 0 Å². The van der Waals surface area contributed by atoms with Crippen molar-refractivity contribution in [1.82, 2.24) is 0 Å². The molecule has 0 atom stereocenters. The smallest absolute Gasteiger partial charge is 0.162 e. The summed E-state index contributed by atoms with van der Waals surface area (Å²) in [7, 11) is 0. The second kappa shape index (κ2) is 5.96. The zero-order chi connectivity index (χ0) is 12.8. The van der Waals surface area contributed by atoms with Gasteiger partial charge in [-0.3, -0.25) is 0 Å². The van der Waals surface area contributed by atoms with Crippen LogP contribution >= 0.6 is 0 Å². The second-order valence-electron chi connectivity index (χ2n) is 3.70. The van der Waals surface area contributed by atoms with Crippen LogP contribution in [0.5, 0.6) is 5.75 Å². The number of ether oxygens (including phenoxy) is 1. The fourth-order valence-corrected chi connectivity index (χ4v) is 1.46. The molecule has 0 unspecified atom stereocenters. The number of rotatable bonds is 4. The van der Waals surface area contributed by atoms with Gasteiger partial charge in [-0.2, -0.15) is 0 Å². The fraction of sp³-hybridized carbons (Fsp3) is 0.0667. The average Bonchev–Trinajstić information content (AvgIpc) is 2.40. The average molecular weight is 246 g/mol. The summed E-state index contributed by atoms with van der Waals surface area (Å²) in [6, 6.07) is 13.2. The van der Waals surface area contributed by atoms with E-state index in [0.29, 0.717) is 12.4 Å². The van der Waals surface area contributed by atoms with E-state index in [1.54, 1.807) is 0 Å².